The van der Waals surface area contributed by atoms with Crippen molar-refractivity contribution in [1.82, 2.24) is 10.1 Å². The van der Waals surface area contributed by atoms with E-state index in [1.54, 1.807) is 44.3 Å². The highest BCUT2D eigenvalue weighted by Gasteiger charge is 2.19. The normalized spacial score (nSPS) is 10.2. The minimum Gasteiger partial charge on any atom is -0.360 e. The van der Waals surface area contributed by atoms with Gasteiger partial charge in [0.05, 0.1) is 17.7 Å². The number of nitrogens with zero attached hydrogens (tertiary/aromatic N) is 3. The number of nitrogens with one attached hydrogen (secondary N) is 1. The largest absolute Gasteiger partial charge is 0.360 e. The first kappa shape index (κ1) is 20.2. The van der Waals surface area contributed by atoms with Crippen LogP contribution in [-0.2, 0) is 4.79 Å². The standard InChI is InChI=1S/C21H18N4O3S/c1-14-11-19(24-28-14)23-20(26)13-25(2)21(27)16-8-4-6-10-18(16)29-17-9-5-3-7-15(17)12-22/h3-11H,13H2,1-2H3,(H,23,24,26). The van der Waals surface area contributed by atoms with E-state index in [1.807, 2.05) is 24.3 Å². The number of nitriles is 1. The molecular weight excluding hydrogens is 388 g/mol. The fraction of sp³-hybridized carbons (Fsp3) is 0.143. The molecule has 0 spiro atoms. The minimum absolute atomic E-state index is 0.140. The van der Waals surface area contributed by atoms with Gasteiger partial charge in [0.1, 0.15) is 11.8 Å². The second-order valence-corrected chi connectivity index (χ2v) is 7.32. The van der Waals surface area contributed by atoms with Crippen LogP contribution in [0.15, 0.2) is 68.9 Å². The summed E-state index contributed by atoms with van der Waals surface area (Å²) >= 11 is 1.34. The van der Waals surface area contributed by atoms with Gasteiger partial charge in [0.15, 0.2) is 5.82 Å². The molecule has 0 radical (unpaired) electrons. The first-order chi connectivity index (χ1) is 14.0. The van der Waals surface area contributed by atoms with E-state index in [1.165, 1.54) is 16.7 Å². The average Bonchev–Trinajstić information content (AvgIpc) is 3.12. The number of hydrogen-bond acceptors (Lipinski definition) is 6. The topological polar surface area (TPSA) is 99.2 Å². The zero-order chi connectivity index (χ0) is 20.8. The number of anilines is 1. The Balaban J connectivity index is 1.73. The molecule has 2 amide bonds. The Bertz CT molecular complexity index is 1090. The first-order valence-corrected chi connectivity index (χ1v) is 9.54. The molecule has 0 aliphatic heterocycles. The van der Waals surface area contributed by atoms with E-state index >= 15 is 0 Å². The molecule has 0 atom stereocenters. The molecule has 29 heavy (non-hydrogen) atoms. The van der Waals surface area contributed by atoms with E-state index in [-0.39, 0.29) is 18.4 Å². The Morgan fingerprint density at radius 3 is 2.55 bits per heavy atom. The Labute approximate surface area is 172 Å². The number of carbonyl (C=O) groups is 2. The molecule has 0 saturated carbocycles. The van der Waals surface area contributed by atoms with Crippen molar-refractivity contribution in [1.29, 1.82) is 5.26 Å². The van der Waals surface area contributed by atoms with E-state index in [0.29, 0.717) is 27.6 Å². The van der Waals surface area contributed by atoms with Gasteiger partial charge in [-0.25, -0.2) is 0 Å². The Morgan fingerprint density at radius 1 is 1.17 bits per heavy atom. The molecule has 0 saturated heterocycles. The van der Waals surface area contributed by atoms with Crippen molar-refractivity contribution in [3.63, 3.8) is 0 Å². The molecule has 7 nitrogen and oxygen atoms in total. The fourth-order valence-corrected chi connectivity index (χ4v) is 3.62. The third-order valence-electron chi connectivity index (χ3n) is 3.97. The van der Waals surface area contributed by atoms with Crippen molar-refractivity contribution in [3.8, 4) is 6.07 Å². The van der Waals surface area contributed by atoms with E-state index in [0.717, 1.165) is 4.90 Å². The van der Waals surface area contributed by atoms with E-state index in [9.17, 15) is 14.9 Å². The second-order valence-electron chi connectivity index (χ2n) is 6.24. The molecule has 8 heteroatoms. The molecule has 0 aliphatic carbocycles. The van der Waals surface area contributed by atoms with Crippen LogP contribution < -0.4 is 5.32 Å². The van der Waals surface area contributed by atoms with Crippen LogP contribution in [0.25, 0.3) is 0 Å². The van der Waals surface area contributed by atoms with Gasteiger partial charge in [-0.15, -0.1) is 0 Å². The van der Waals surface area contributed by atoms with Gasteiger partial charge in [-0.05, 0) is 31.2 Å². The SMILES string of the molecule is Cc1cc(NC(=O)CN(C)C(=O)c2ccccc2Sc2ccccc2C#N)no1. The molecule has 1 N–H and O–H groups in total. The molecule has 3 rings (SSSR count). The summed E-state index contributed by atoms with van der Waals surface area (Å²) in [6.45, 7) is 1.58. The number of hydrogen-bond donors (Lipinski definition) is 1. The molecular formula is C21H18N4O3S. The Morgan fingerprint density at radius 2 is 1.86 bits per heavy atom. The van der Waals surface area contributed by atoms with Gasteiger partial charge in [-0.3, -0.25) is 9.59 Å². The van der Waals surface area contributed by atoms with Gasteiger partial charge in [0.25, 0.3) is 5.91 Å². The van der Waals surface area contributed by atoms with Gasteiger partial charge in [0.2, 0.25) is 5.91 Å². The van der Waals surface area contributed by atoms with Gasteiger partial charge in [0, 0.05) is 22.9 Å². The van der Waals surface area contributed by atoms with Crippen molar-refractivity contribution in [2.75, 3.05) is 18.9 Å². The summed E-state index contributed by atoms with van der Waals surface area (Å²) in [5, 5.41) is 15.6. The highest BCUT2D eigenvalue weighted by atomic mass is 32.2. The lowest BCUT2D eigenvalue weighted by Crippen LogP contribution is -2.35. The van der Waals surface area contributed by atoms with Gasteiger partial charge < -0.3 is 14.7 Å². The molecule has 0 unspecified atom stereocenters. The summed E-state index contributed by atoms with van der Waals surface area (Å²) in [6.07, 6.45) is 0. The van der Waals surface area contributed by atoms with E-state index < -0.39 is 0 Å². The zero-order valence-electron chi connectivity index (χ0n) is 15.9. The predicted octanol–water partition coefficient (Wildman–Crippen LogP) is 3.72. The molecule has 0 fully saturated rings. The maximum Gasteiger partial charge on any atom is 0.255 e. The van der Waals surface area contributed by atoms with Crippen LogP contribution in [0, 0.1) is 18.3 Å². The monoisotopic (exact) mass is 406 g/mol. The van der Waals surface area contributed by atoms with Gasteiger partial charge in [-0.1, -0.05) is 41.2 Å². The summed E-state index contributed by atoms with van der Waals surface area (Å²) in [4.78, 5) is 27.9. The smallest absolute Gasteiger partial charge is 0.255 e. The molecule has 0 bridgehead atoms. The highest BCUT2D eigenvalue weighted by molar-refractivity contribution is 7.99. The second kappa shape index (κ2) is 9.08. The van der Waals surface area contributed by atoms with Crippen LogP contribution in [0.4, 0.5) is 5.82 Å². The van der Waals surface area contributed by atoms with Gasteiger partial charge >= 0.3 is 0 Å². The van der Waals surface area contributed by atoms with Crippen molar-refractivity contribution < 1.29 is 14.1 Å². The van der Waals surface area contributed by atoms with Crippen molar-refractivity contribution in [3.05, 3.63) is 71.5 Å². The number of amides is 2. The number of aromatic nitrogens is 1. The van der Waals surface area contributed by atoms with Gasteiger partial charge in [-0.2, -0.15) is 5.26 Å². The lowest BCUT2D eigenvalue weighted by molar-refractivity contribution is -0.116. The molecule has 2 aromatic carbocycles. The third-order valence-corrected chi connectivity index (χ3v) is 5.12. The predicted molar refractivity (Wildman–Crippen MR) is 109 cm³/mol. The fourth-order valence-electron chi connectivity index (χ4n) is 2.60. The summed E-state index contributed by atoms with van der Waals surface area (Å²) in [6, 6.07) is 18.1. The lowest BCUT2D eigenvalue weighted by atomic mass is 10.2. The Hall–Kier alpha value is -3.57. The molecule has 1 heterocycles. The number of carbonyl (C=O) groups excluding carboxylic acids is 2. The summed E-state index contributed by atoms with van der Waals surface area (Å²) in [5.41, 5.74) is 0.994. The average molecular weight is 406 g/mol. The first-order valence-electron chi connectivity index (χ1n) is 8.72. The lowest BCUT2D eigenvalue weighted by Gasteiger charge is -2.18. The zero-order valence-corrected chi connectivity index (χ0v) is 16.7. The molecule has 3 aromatic rings. The van der Waals surface area contributed by atoms with Crippen molar-refractivity contribution >= 4 is 29.4 Å². The van der Waals surface area contributed by atoms with Crippen LogP contribution in [-0.4, -0.2) is 35.5 Å². The quantitative estimate of drug-likeness (QED) is 0.670. The minimum atomic E-state index is -0.380. The number of rotatable bonds is 6. The summed E-state index contributed by atoms with van der Waals surface area (Å²) in [5.74, 6) is 0.203. The number of aryl methyl sites for hydroxylation is 1. The van der Waals surface area contributed by atoms with Crippen LogP contribution in [0.1, 0.15) is 21.7 Å². The summed E-state index contributed by atoms with van der Waals surface area (Å²) in [7, 11) is 1.56. The number of benzene rings is 2. The number of likely N-dealkylation sites (N-methyl/N-ethyl adjacent to an activating group) is 1. The van der Waals surface area contributed by atoms with E-state index in [2.05, 4.69) is 16.5 Å². The van der Waals surface area contributed by atoms with Crippen LogP contribution >= 0.6 is 11.8 Å². The Kier molecular flexibility index (Phi) is 6.32. The van der Waals surface area contributed by atoms with E-state index in [4.69, 9.17) is 4.52 Å². The van der Waals surface area contributed by atoms with Crippen molar-refractivity contribution in [2.45, 2.75) is 16.7 Å². The van der Waals surface area contributed by atoms with Crippen LogP contribution in [0.2, 0.25) is 0 Å². The van der Waals surface area contributed by atoms with Crippen LogP contribution in [0.3, 0.4) is 0 Å². The maximum absolute atomic E-state index is 12.9. The molecule has 1 aromatic heterocycles. The maximum atomic E-state index is 12.9. The van der Waals surface area contributed by atoms with Crippen LogP contribution in [0.5, 0.6) is 0 Å². The molecule has 0 aliphatic rings. The highest BCUT2D eigenvalue weighted by Crippen LogP contribution is 2.33. The summed E-state index contributed by atoms with van der Waals surface area (Å²) < 4.78 is 4.91. The van der Waals surface area contributed by atoms with Crippen molar-refractivity contribution in [2.24, 2.45) is 0 Å². The third kappa shape index (κ3) is 5.03. The molecule has 146 valence electrons.